The summed E-state index contributed by atoms with van der Waals surface area (Å²) in [6.07, 6.45) is 2.33. The molecule has 0 radical (unpaired) electrons. The molecule has 0 spiro atoms. The van der Waals surface area contributed by atoms with Crippen molar-refractivity contribution >= 4 is 12.4 Å². The maximum Gasteiger partial charge on any atom is 0.119 e. The van der Waals surface area contributed by atoms with Crippen molar-refractivity contribution in [2.45, 2.75) is 39.3 Å². The summed E-state index contributed by atoms with van der Waals surface area (Å²) < 4.78 is 5.47. The molecule has 0 aliphatic heterocycles. The minimum Gasteiger partial charge on any atom is -0.494 e. The van der Waals surface area contributed by atoms with Crippen LogP contribution in [0.2, 0.25) is 0 Å². The van der Waals surface area contributed by atoms with Gasteiger partial charge in [0.05, 0.1) is 6.61 Å². The van der Waals surface area contributed by atoms with Crippen molar-refractivity contribution in [3.8, 4) is 5.75 Å². The Labute approximate surface area is 140 Å². The lowest BCUT2D eigenvalue weighted by Gasteiger charge is -2.19. The Morgan fingerprint density at radius 2 is 1.64 bits per heavy atom. The predicted octanol–water partition coefficient (Wildman–Crippen LogP) is 5.14. The molecule has 3 heteroatoms. The number of nitrogens with one attached hydrogen (secondary N) is 1. The Hall–Kier alpha value is -1.51. The highest BCUT2D eigenvalue weighted by Crippen LogP contribution is 2.19. The van der Waals surface area contributed by atoms with Crippen molar-refractivity contribution in [2.24, 2.45) is 0 Å². The molecule has 1 unspecified atom stereocenters. The standard InChI is InChI=1S/C19H25NO.ClH/c1-3-8-19(17-9-6-5-7-10-17)20-15-16-11-13-18(14-12-16)21-4-2;/h5-7,9-14,19-20H,3-4,8,15H2,1-2H3;1H. The van der Waals surface area contributed by atoms with Crippen LogP contribution >= 0.6 is 12.4 Å². The van der Waals surface area contributed by atoms with Crippen molar-refractivity contribution in [3.63, 3.8) is 0 Å². The largest absolute Gasteiger partial charge is 0.494 e. The van der Waals surface area contributed by atoms with Gasteiger partial charge in [0.15, 0.2) is 0 Å². The lowest BCUT2D eigenvalue weighted by Crippen LogP contribution is -2.20. The van der Waals surface area contributed by atoms with Gasteiger partial charge < -0.3 is 10.1 Å². The van der Waals surface area contributed by atoms with E-state index in [0.29, 0.717) is 12.6 Å². The molecule has 0 saturated heterocycles. The maximum atomic E-state index is 5.47. The summed E-state index contributed by atoms with van der Waals surface area (Å²) >= 11 is 0. The van der Waals surface area contributed by atoms with Crippen LogP contribution < -0.4 is 10.1 Å². The van der Waals surface area contributed by atoms with Crippen molar-refractivity contribution in [1.82, 2.24) is 5.32 Å². The van der Waals surface area contributed by atoms with E-state index in [1.165, 1.54) is 17.5 Å². The van der Waals surface area contributed by atoms with Crippen LogP contribution in [0.15, 0.2) is 54.6 Å². The van der Waals surface area contributed by atoms with Gasteiger partial charge in [0.1, 0.15) is 5.75 Å². The normalized spacial score (nSPS) is 11.5. The van der Waals surface area contributed by atoms with Crippen molar-refractivity contribution < 1.29 is 4.74 Å². The molecule has 1 N–H and O–H groups in total. The zero-order valence-corrected chi connectivity index (χ0v) is 14.2. The van der Waals surface area contributed by atoms with Gasteiger partial charge in [0, 0.05) is 12.6 Å². The highest BCUT2D eigenvalue weighted by Gasteiger charge is 2.09. The minimum atomic E-state index is 0. The fourth-order valence-electron chi connectivity index (χ4n) is 2.47. The average molecular weight is 320 g/mol. The number of hydrogen-bond donors (Lipinski definition) is 1. The molecule has 0 fully saturated rings. The second-order valence-electron chi connectivity index (χ2n) is 5.21. The second kappa shape index (κ2) is 10.3. The summed E-state index contributed by atoms with van der Waals surface area (Å²) in [5.41, 5.74) is 2.65. The summed E-state index contributed by atoms with van der Waals surface area (Å²) in [7, 11) is 0. The molecule has 0 amide bonds. The van der Waals surface area contributed by atoms with Gasteiger partial charge in [0.25, 0.3) is 0 Å². The van der Waals surface area contributed by atoms with E-state index in [1.54, 1.807) is 0 Å². The molecule has 0 aromatic heterocycles. The van der Waals surface area contributed by atoms with Crippen molar-refractivity contribution in [1.29, 1.82) is 0 Å². The van der Waals surface area contributed by atoms with Crippen LogP contribution in [-0.2, 0) is 6.54 Å². The molecule has 0 bridgehead atoms. The topological polar surface area (TPSA) is 21.3 Å². The van der Waals surface area contributed by atoms with Crippen molar-refractivity contribution in [2.75, 3.05) is 6.61 Å². The molecule has 2 aromatic carbocycles. The first kappa shape index (κ1) is 18.5. The maximum absolute atomic E-state index is 5.47. The zero-order chi connectivity index (χ0) is 14.9. The summed E-state index contributed by atoms with van der Waals surface area (Å²) in [5.74, 6) is 0.939. The molecular weight excluding hydrogens is 294 g/mol. The first-order chi connectivity index (χ1) is 10.3. The van der Waals surface area contributed by atoms with Gasteiger partial charge in [-0.25, -0.2) is 0 Å². The lowest BCUT2D eigenvalue weighted by atomic mass is 10.0. The van der Waals surface area contributed by atoms with E-state index in [0.717, 1.165) is 18.7 Å². The van der Waals surface area contributed by atoms with Crippen LogP contribution in [0.4, 0.5) is 0 Å². The van der Waals surface area contributed by atoms with E-state index in [4.69, 9.17) is 4.74 Å². The van der Waals surface area contributed by atoms with E-state index in [2.05, 4.69) is 54.7 Å². The Morgan fingerprint density at radius 1 is 0.955 bits per heavy atom. The Bertz CT molecular complexity index is 513. The van der Waals surface area contributed by atoms with Crippen LogP contribution in [-0.4, -0.2) is 6.61 Å². The van der Waals surface area contributed by atoms with Gasteiger partial charge >= 0.3 is 0 Å². The van der Waals surface area contributed by atoms with E-state index >= 15 is 0 Å². The SMILES string of the molecule is CCCC(NCc1ccc(OCC)cc1)c1ccccc1.Cl. The van der Waals surface area contributed by atoms with Crippen molar-refractivity contribution in [3.05, 3.63) is 65.7 Å². The van der Waals surface area contributed by atoms with E-state index < -0.39 is 0 Å². The molecule has 0 aliphatic carbocycles. The van der Waals surface area contributed by atoms with Crippen LogP contribution in [0.25, 0.3) is 0 Å². The molecule has 1 atom stereocenters. The van der Waals surface area contributed by atoms with Gasteiger partial charge in [-0.2, -0.15) is 0 Å². The molecule has 0 heterocycles. The highest BCUT2D eigenvalue weighted by molar-refractivity contribution is 5.85. The number of benzene rings is 2. The molecule has 0 saturated carbocycles. The van der Waals surface area contributed by atoms with Gasteiger partial charge in [-0.1, -0.05) is 55.8 Å². The van der Waals surface area contributed by atoms with E-state index in [-0.39, 0.29) is 12.4 Å². The summed E-state index contributed by atoms with van der Waals surface area (Å²) in [6, 6.07) is 19.4. The van der Waals surface area contributed by atoms with E-state index in [9.17, 15) is 0 Å². The quantitative estimate of drug-likeness (QED) is 0.727. The number of ether oxygens (including phenoxy) is 1. The first-order valence-electron chi connectivity index (χ1n) is 7.83. The molecular formula is C19H26ClNO. The minimum absolute atomic E-state index is 0. The van der Waals surface area contributed by atoms with Crippen LogP contribution in [0.3, 0.4) is 0 Å². The van der Waals surface area contributed by atoms with Gasteiger partial charge in [-0.3, -0.25) is 0 Å². The lowest BCUT2D eigenvalue weighted by molar-refractivity contribution is 0.340. The molecule has 2 rings (SSSR count). The predicted molar refractivity (Wildman–Crippen MR) is 95.8 cm³/mol. The number of halogens is 1. The Kier molecular flexibility index (Phi) is 8.64. The third kappa shape index (κ3) is 5.70. The molecule has 22 heavy (non-hydrogen) atoms. The third-order valence-corrected chi connectivity index (χ3v) is 3.57. The fraction of sp³-hybridized carbons (Fsp3) is 0.368. The Balaban J connectivity index is 0.00000242. The van der Waals surface area contributed by atoms with Crippen LogP contribution in [0, 0.1) is 0 Å². The first-order valence-corrected chi connectivity index (χ1v) is 7.83. The van der Waals surface area contributed by atoms with Gasteiger partial charge in [0.2, 0.25) is 0 Å². The number of rotatable bonds is 8. The highest BCUT2D eigenvalue weighted by atomic mass is 35.5. The number of hydrogen-bond acceptors (Lipinski definition) is 2. The van der Waals surface area contributed by atoms with Gasteiger partial charge in [-0.05, 0) is 36.6 Å². The fourth-order valence-corrected chi connectivity index (χ4v) is 2.47. The summed E-state index contributed by atoms with van der Waals surface area (Å²) in [6.45, 7) is 5.83. The van der Waals surface area contributed by atoms with Crippen LogP contribution in [0.1, 0.15) is 43.9 Å². The van der Waals surface area contributed by atoms with Gasteiger partial charge in [-0.15, -0.1) is 12.4 Å². The Morgan fingerprint density at radius 3 is 2.23 bits per heavy atom. The molecule has 2 nitrogen and oxygen atoms in total. The zero-order valence-electron chi connectivity index (χ0n) is 13.4. The smallest absolute Gasteiger partial charge is 0.119 e. The second-order valence-corrected chi connectivity index (χ2v) is 5.21. The average Bonchev–Trinajstić information content (AvgIpc) is 2.54. The van der Waals surface area contributed by atoms with Crippen LogP contribution in [0.5, 0.6) is 5.75 Å². The molecule has 0 aliphatic rings. The third-order valence-electron chi connectivity index (χ3n) is 3.57. The monoisotopic (exact) mass is 319 g/mol. The molecule has 120 valence electrons. The summed E-state index contributed by atoms with van der Waals surface area (Å²) in [5, 5.41) is 3.66. The molecule has 2 aromatic rings. The summed E-state index contributed by atoms with van der Waals surface area (Å²) in [4.78, 5) is 0. The van der Waals surface area contributed by atoms with E-state index in [1.807, 2.05) is 19.1 Å².